The van der Waals surface area contributed by atoms with Crippen molar-refractivity contribution in [1.82, 2.24) is 0 Å². The Morgan fingerprint density at radius 3 is 2.38 bits per heavy atom. The fraction of sp³-hybridized carbons (Fsp3) is 0.133. The minimum atomic E-state index is -0.415. The van der Waals surface area contributed by atoms with Crippen molar-refractivity contribution in [2.75, 3.05) is 11.9 Å². The smallest absolute Gasteiger partial charge is 0.161 e. The fourth-order valence-corrected chi connectivity index (χ4v) is 2.80. The average molecular weight is 415 g/mol. The summed E-state index contributed by atoms with van der Waals surface area (Å²) in [4.78, 5) is 1.81. The van der Waals surface area contributed by atoms with Gasteiger partial charge in [-0.05, 0) is 45.8 Å². The normalized spacial score (nSPS) is 10.5. The lowest BCUT2D eigenvalue weighted by Crippen LogP contribution is -2.19. The average Bonchev–Trinajstić information content (AvgIpc) is 2.43. The first kappa shape index (κ1) is 16.0. The van der Waals surface area contributed by atoms with Gasteiger partial charge < -0.3 is 10.6 Å². The molecule has 0 amide bonds. The van der Waals surface area contributed by atoms with Gasteiger partial charge in [-0.25, -0.2) is 4.39 Å². The maximum atomic E-state index is 14.4. The van der Waals surface area contributed by atoms with E-state index in [2.05, 4.69) is 31.9 Å². The Labute approximate surface area is 139 Å². The molecule has 2 aromatic carbocycles. The van der Waals surface area contributed by atoms with Crippen LogP contribution in [-0.2, 0) is 6.54 Å². The highest BCUT2D eigenvalue weighted by molar-refractivity contribution is 9.10. The van der Waals surface area contributed by atoms with Crippen LogP contribution in [0.25, 0.3) is 0 Å². The lowest BCUT2D eigenvalue weighted by atomic mass is 10.1. The maximum Gasteiger partial charge on any atom is 0.161 e. The second kappa shape index (κ2) is 6.58. The third kappa shape index (κ3) is 3.63. The van der Waals surface area contributed by atoms with Gasteiger partial charge in [0.15, 0.2) is 5.82 Å². The van der Waals surface area contributed by atoms with Crippen molar-refractivity contribution in [3.05, 3.63) is 62.3 Å². The summed E-state index contributed by atoms with van der Waals surface area (Å²) < 4.78 is 15.6. The monoisotopic (exact) mass is 413 g/mol. The number of hydrogen-bond acceptors (Lipinski definition) is 2. The molecule has 3 N–H and O–H groups in total. The van der Waals surface area contributed by atoms with Gasteiger partial charge in [-0.3, -0.25) is 5.41 Å². The number of nitrogens with zero attached hydrogens (tertiary/aromatic N) is 1. The predicted octanol–water partition coefficient (Wildman–Crippen LogP) is 4.27. The van der Waals surface area contributed by atoms with Crippen LogP contribution in [0.15, 0.2) is 45.3 Å². The molecule has 3 nitrogen and oxygen atoms in total. The molecule has 21 heavy (non-hydrogen) atoms. The summed E-state index contributed by atoms with van der Waals surface area (Å²) in [6.07, 6.45) is 0. The Bertz CT molecular complexity index is 671. The number of benzene rings is 2. The molecular formula is C15H14Br2FN3. The van der Waals surface area contributed by atoms with Crippen molar-refractivity contribution in [3.63, 3.8) is 0 Å². The molecule has 0 spiro atoms. The molecule has 0 saturated heterocycles. The van der Waals surface area contributed by atoms with E-state index in [4.69, 9.17) is 11.1 Å². The molecule has 110 valence electrons. The van der Waals surface area contributed by atoms with Gasteiger partial charge in [-0.2, -0.15) is 0 Å². The Kier molecular flexibility index (Phi) is 5.00. The van der Waals surface area contributed by atoms with Gasteiger partial charge >= 0.3 is 0 Å². The number of anilines is 1. The highest BCUT2D eigenvalue weighted by Gasteiger charge is 2.15. The molecule has 0 bridgehead atoms. The molecule has 0 heterocycles. The third-order valence-corrected chi connectivity index (χ3v) is 4.40. The number of hydrogen-bond donors (Lipinski definition) is 2. The molecule has 0 atom stereocenters. The Morgan fingerprint density at radius 1 is 1.19 bits per heavy atom. The molecule has 0 aromatic heterocycles. The molecule has 2 rings (SSSR count). The second-order valence-electron chi connectivity index (χ2n) is 4.66. The number of amidine groups is 1. The van der Waals surface area contributed by atoms with Crippen molar-refractivity contribution in [2.24, 2.45) is 5.73 Å². The Morgan fingerprint density at radius 2 is 1.81 bits per heavy atom. The number of nitrogens with two attached hydrogens (primary N) is 1. The first-order valence-electron chi connectivity index (χ1n) is 6.18. The van der Waals surface area contributed by atoms with E-state index in [1.807, 2.05) is 36.2 Å². The van der Waals surface area contributed by atoms with Crippen molar-refractivity contribution < 1.29 is 4.39 Å². The highest BCUT2D eigenvalue weighted by atomic mass is 79.9. The number of nitrogens with one attached hydrogen (secondary N) is 1. The lowest BCUT2D eigenvalue weighted by molar-refractivity contribution is 0.615. The molecule has 0 radical (unpaired) electrons. The maximum absolute atomic E-state index is 14.4. The van der Waals surface area contributed by atoms with Crippen molar-refractivity contribution in [1.29, 1.82) is 5.41 Å². The number of rotatable bonds is 4. The Balaban J connectivity index is 2.27. The minimum absolute atomic E-state index is 0.164. The van der Waals surface area contributed by atoms with Crippen LogP contribution < -0.4 is 10.6 Å². The van der Waals surface area contributed by atoms with E-state index in [0.29, 0.717) is 17.8 Å². The zero-order valence-corrected chi connectivity index (χ0v) is 14.5. The quantitative estimate of drug-likeness (QED) is 0.579. The van der Waals surface area contributed by atoms with E-state index in [1.165, 1.54) is 0 Å². The zero-order valence-electron chi connectivity index (χ0n) is 11.3. The molecule has 6 heteroatoms. The van der Waals surface area contributed by atoms with Crippen molar-refractivity contribution in [2.45, 2.75) is 6.54 Å². The first-order chi connectivity index (χ1) is 9.90. The highest BCUT2D eigenvalue weighted by Crippen LogP contribution is 2.29. The van der Waals surface area contributed by atoms with Gasteiger partial charge in [0, 0.05) is 23.6 Å². The fourth-order valence-electron chi connectivity index (χ4n) is 1.99. The van der Waals surface area contributed by atoms with E-state index in [1.54, 1.807) is 12.1 Å². The summed E-state index contributed by atoms with van der Waals surface area (Å²) in [6, 6.07) is 11.1. The van der Waals surface area contributed by atoms with Crippen LogP contribution in [0.5, 0.6) is 0 Å². The first-order valence-corrected chi connectivity index (χ1v) is 7.76. The molecule has 2 aromatic rings. The summed E-state index contributed by atoms with van der Waals surface area (Å²) >= 11 is 6.55. The van der Waals surface area contributed by atoms with Gasteiger partial charge in [0.25, 0.3) is 0 Å². The molecule has 0 aliphatic rings. The van der Waals surface area contributed by atoms with Gasteiger partial charge in [0.05, 0.1) is 10.2 Å². The van der Waals surface area contributed by atoms with Crippen LogP contribution >= 0.6 is 31.9 Å². The van der Waals surface area contributed by atoms with Gasteiger partial charge in [-0.15, -0.1) is 0 Å². The van der Waals surface area contributed by atoms with E-state index in [-0.39, 0.29) is 10.3 Å². The van der Waals surface area contributed by atoms with Gasteiger partial charge in [0.1, 0.15) is 5.84 Å². The van der Waals surface area contributed by atoms with E-state index < -0.39 is 5.82 Å². The van der Waals surface area contributed by atoms with Crippen molar-refractivity contribution >= 4 is 43.4 Å². The largest absolute Gasteiger partial charge is 0.384 e. The van der Waals surface area contributed by atoms with Crippen LogP contribution in [0.1, 0.15) is 11.1 Å². The summed E-state index contributed by atoms with van der Waals surface area (Å²) in [5, 5.41) is 7.41. The third-order valence-electron chi connectivity index (χ3n) is 3.10. The molecule has 0 saturated carbocycles. The zero-order chi connectivity index (χ0) is 15.6. The van der Waals surface area contributed by atoms with Crippen LogP contribution in [0, 0.1) is 11.2 Å². The predicted molar refractivity (Wildman–Crippen MR) is 91.4 cm³/mol. The Hall–Kier alpha value is -1.40. The summed E-state index contributed by atoms with van der Waals surface area (Å²) in [5.41, 5.74) is 7.30. The molecular weight excluding hydrogens is 401 g/mol. The molecule has 0 aliphatic carbocycles. The topological polar surface area (TPSA) is 53.1 Å². The SMILES string of the molecule is CN(Cc1ccc(Br)cc1)c1ccc(C(=N)N)c(Br)c1F. The van der Waals surface area contributed by atoms with E-state index in [9.17, 15) is 4.39 Å². The molecule has 0 unspecified atom stereocenters. The van der Waals surface area contributed by atoms with Crippen LogP contribution in [0.4, 0.5) is 10.1 Å². The summed E-state index contributed by atoms with van der Waals surface area (Å²) in [5.74, 6) is -0.579. The van der Waals surface area contributed by atoms with Crippen LogP contribution in [0.3, 0.4) is 0 Å². The van der Waals surface area contributed by atoms with E-state index in [0.717, 1.165) is 10.0 Å². The van der Waals surface area contributed by atoms with Crippen molar-refractivity contribution in [3.8, 4) is 0 Å². The summed E-state index contributed by atoms with van der Waals surface area (Å²) in [7, 11) is 1.82. The molecule has 0 aliphatic heterocycles. The van der Waals surface area contributed by atoms with Crippen LogP contribution in [-0.4, -0.2) is 12.9 Å². The second-order valence-corrected chi connectivity index (χ2v) is 6.37. The van der Waals surface area contributed by atoms with E-state index >= 15 is 0 Å². The number of nitrogen functional groups attached to an aromatic ring is 1. The number of halogens is 3. The minimum Gasteiger partial charge on any atom is -0.384 e. The van der Waals surface area contributed by atoms with Gasteiger partial charge in [-0.1, -0.05) is 28.1 Å². The molecule has 0 fully saturated rings. The standard InChI is InChI=1S/C15H14Br2FN3/c1-21(8-9-2-4-10(16)5-3-9)12-7-6-11(15(19)20)13(17)14(12)18/h2-7H,8H2,1H3,(H3,19,20). The van der Waals surface area contributed by atoms with Gasteiger partial charge in [0.2, 0.25) is 0 Å². The summed E-state index contributed by atoms with van der Waals surface area (Å²) in [6.45, 7) is 0.579. The lowest BCUT2D eigenvalue weighted by Gasteiger charge is -2.21. The van der Waals surface area contributed by atoms with Crippen LogP contribution in [0.2, 0.25) is 0 Å².